The Morgan fingerprint density at radius 1 is 1.00 bits per heavy atom. The summed E-state index contributed by atoms with van der Waals surface area (Å²) < 4.78 is 1.74. The zero-order chi connectivity index (χ0) is 21.5. The van der Waals surface area contributed by atoms with Crippen molar-refractivity contribution in [2.24, 2.45) is 0 Å². The van der Waals surface area contributed by atoms with Crippen LogP contribution in [0.5, 0.6) is 0 Å². The quantitative estimate of drug-likeness (QED) is 0.579. The third-order valence-electron chi connectivity index (χ3n) is 5.28. The second-order valence-electron chi connectivity index (χ2n) is 7.28. The number of nitriles is 1. The first-order valence-electron chi connectivity index (χ1n) is 10.3. The fourth-order valence-electron chi connectivity index (χ4n) is 3.67. The van der Waals surface area contributed by atoms with Gasteiger partial charge in [-0.05, 0) is 34.7 Å². The van der Waals surface area contributed by atoms with Gasteiger partial charge in [0.15, 0.2) is 0 Å². The maximum atomic E-state index is 13.0. The SMILES string of the molecule is N#CCCN(C(=O)CN1CCN(c2nnnn2-c2ccccc2)CC1)c1ccccc1. The molecule has 3 aromatic rings. The van der Waals surface area contributed by atoms with Gasteiger partial charge >= 0.3 is 0 Å². The number of tetrazole rings is 1. The lowest BCUT2D eigenvalue weighted by atomic mass is 10.2. The Balaban J connectivity index is 1.38. The van der Waals surface area contributed by atoms with Gasteiger partial charge in [0.05, 0.1) is 24.7 Å². The van der Waals surface area contributed by atoms with E-state index in [0.717, 1.165) is 37.6 Å². The first-order valence-corrected chi connectivity index (χ1v) is 10.3. The summed E-state index contributed by atoms with van der Waals surface area (Å²) in [5.41, 5.74) is 1.74. The van der Waals surface area contributed by atoms with Crippen LogP contribution < -0.4 is 9.80 Å². The third kappa shape index (κ3) is 4.87. The van der Waals surface area contributed by atoms with E-state index in [1.54, 1.807) is 9.58 Å². The molecule has 1 aliphatic heterocycles. The maximum absolute atomic E-state index is 13.0. The third-order valence-corrected chi connectivity index (χ3v) is 5.28. The topological polar surface area (TPSA) is 94.2 Å². The molecular weight excluding hydrogens is 392 g/mol. The number of amides is 1. The summed E-state index contributed by atoms with van der Waals surface area (Å²) in [4.78, 5) is 19.0. The van der Waals surface area contributed by atoms with Crippen LogP contribution >= 0.6 is 0 Å². The molecule has 1 saturated heterocycles. The van der Waals surface area contributed by atoms with Gasteiger partial charge in [-0.3, -0.25) is 9.69 Å². The summed E-state index contributed by atoms with van der Waals surface area (Å²) in [7, 11) is 0. The molecule has 0 aliphatic carbocycles. The highest BCUT2D eigenvalue weighted by atomic mass is 16.2. The van der Waals surface area contributed by atoms with Gasteiger partial charge in [-0.1, -0.05) is 41.5 Å². The van der Waals surface area contributed by atoms with Crippen molar-refractivity contribution in [2.75, 3.05) is 49.1 Å². The molecule has 0 saturated carbocycles. The van der Waals surface area contributed by atoms with Crippen LogP contribution in [0.15, 0.2) is 60.7 Å². The molecule has 1 aliphatic rings. The Morgan fingerprint density at radius 2 is 1.68 bits per heavy atom. The van der Waals surface area contributed by atoms with Crippen molar-refractivity contribution in [1.29, 1.82) is 5.26 Å². The van der Waals surface area contributed by atoms with Gasteiger partial charge in [-0.25, -0.2) is 0 Å². The lowest BCUT2D eigenvalue weighted by Gasteiger charge is -2.35. The van der Waals surface area contributed by atoms with Crippen molar-refractivity contribution < 1.29 is 4.79 Å². The number of rotatable bonds is 7. The molecule has 0 unspecified atom stereocenters. The van der Waals surface area contributed by atoms with Crippen LogP contribution in [0.3, 0.4) is 0 Å². The van der Waals surface area contributed by atoms with E-state index in [9.17, 15) is 4.79 Å². The molecule has 31 heavy (non-hydrogen) atoms. The standard InChI is InChI=1S/C22H24N8O/c23-12-7-13-29(19-8-3-1-4-9-19)21(31)18-27-14-16-28(17-15-27)22-24-25-26-30(22)20-10-5-2-6-11-20/h1-6,8-11H,7,13-18H2. The molecule has 0 bridgehead atoms. The van der Waals surface area contributed by atoms with E-state index in [2.05, 4.69) is 31.4 Å². The number of nitrogens with zero attached hydrogens (tertiary/aromatic N) is 8. The van der Waals surface area contributed by atoms with Gasteiger partial charge in [0.25, 0.3) is 0 Å². The molecule has 2 heterocycles. The van der Waals surface area contributed by atoms with E-state index < -0.39 is 0 Å². The Morgan fingerprint density at radius 3 is 2.35 bits per heavy atom. The number of piperazine rings is 1. The molecule has 0 atom stereocenters. The van der Waals surface area contributed by atoms with Crippen LogP contribution in [0.4, 0.5) is 11.6 Å². The van der Waals surface area contributed by atoms with Crippen LogP contribution in [0.1, 0.15) is 6.42 Å². The molecule has 1 amide bonds. The minimum absolute atomic E-state index is 0.00372. The van der Waals surface area contributed by atoms with E-state index in [-0.39, 0.29) is 5.91 Å². The van der Waals surface area contributed by atoms with Crippen molar-refractivity contribution in [3.8, 4) is 11.8 Å². The largest absolute Gasteiger partial charge is 0.337 e. The predicted molar refractivity (Wildman–Crippen MR) is 117 cm³/mol. The average Bonchev–Trinajstić information content (AvgIpc) is 3.31. The molecule has 0 spiro atoms. The zero-order valence-electron chi connectivity index (χ0n) is 17.2. The van der Waals surface area contributed by atoms with Gasteiger partial charge in [0, 0.05) is 38.4 Å². The number of aromatic nitrogens is 4. The highest BCUT2D eigenvalue weighted by Gasteiger charge is 2.25. The van der Waals surface area contributed by atoms with E-state index >= 15 is 0 Å². The molecule has 0 N–H and O–H groups in total. The number of anilines is 2. The molecule has 158 valence electrons. The number of carbonyl (C=O) groups excluding carboxylic acids is 1. The van der Waals surface area contributed by atoms with Gasteiger partial charge in [-0.2, -0.15) is 9.94 Å². The second-order valence-corrected chi connectivity index (χ2v) is 7.28. The minimum Gasteiger partial charge on any atom is -0.337 e. The summed E-state index contributed by atoms with van der Waals surface area (Å²) >= 11 is 0. The Hall–Kier alpha value is -3.77. The van der Waals surface area contributed by atoms with Crippen LogP contribution in [0.25, 0.3) is 5.69 Å². The van der Waals surface area contributed by atoms with Gasteiger partial charge < -0.3 is 9.80 Å². The van der Waals surface area contributed by atoms with Crippen LogP contribution in [-0.2, 0) is 4.79 Å². The zero-order valence-corrected chi connectivity index (χ0v) is 17.2. The van der Waals surface area contributed by atoms with Crippen molar-refractivity contribution in [3.05, 3.63) is 60.7 Å². The Labute approximate surface area is 181 Å². The number of benzene rings is 2. The maximum Gasteiger partial charge on any atom is 0.250 e. The van der Waals surface area contributed by atoms with Gasteiger partial charge in [0.1, 0.15) is 0 Å². The highest BCUT2D eigenvalue weighted by Crippen LogP contribution is 2.18. The van der Waals surface area contributed by atoms with Crippen LogP contribution in [0.2, 0.25) is 0 Å². The van der Waals surface area contributed by atoms with E-state index in [0.29, 0.717) is 25.5 Å². The summed E-state index contributed by atoms with van der Waals surface area (Å²) in [5, 5.41) is 21.1. The molecule has 4 rings (SSSR count). The fraction of sp³-hybridized carbons (Fsp3) is 0.318. The van der Waals surface area contributed by atoms with Crippen LogP contribution in [-0.4, -0.2) is 70.3 Å². The summed E-state index contributed by atoms with van der Waals surface area (Å²) in [5.74, 6) is 0.709. The average molecular weight is 416 g/mol. The molecule has 9 nitrogen and oxygen atoms in total. The van der Waals surface area contributed by atoms with E-state index in [1.807, 2.05) is 60.7 Å². The number of hydrogen-bond donors (Lipinski definition) is 0. The first kappa shape index (κ1) is 20.5. The lowest BCUT2D eigenvalue weighted by molar-refractivity contribution is -0.119. The Bertz CT molecular complexity index is 1020. The van der Waals surface area contributed by atoms with Gasteiger partial charge in [0.2, 0.25) is 11.9 Å². The predicted octanol–water partition coefficient (Wildman–Crippen LogP) is 1.73. The smallest absolute Gasteiger partial charge is 0.250 e. The molecule has 2 aromatic carbocycles. The molecule has 1 aromatic heterocycles. The summed E-state index contributed by atoms with van der Waals surface area (Å²) in [6.45, 7) is 3.62. The molecule has 0 radical (unpaired) electrons. The summed E-state index contributed by atoms with van der Waals surface area (Å²) in [6, 6.07) is 21.4. The van der Waals surface area contributed by atoms with Gasteiger partial charge in [-0.15, -0.1) is 0 Å². The molecule has 9 heteroatoms. The number of carbonyl (C=O) groups is 1. The van der Waals surface area contributed by atoms with Crippen LogP contribution in [0, 0.1) is 11.3 Å². The second kappa shape index (κ2) is 9.82. The lowest BCUT2D eigenvalue weighted by Crippen LogP contribution is -2.51. The van der Waals surface area contributed by atoms with E-state index in [4.69, 9.17) is 5.26 Å². The van der Waals surface area contributed by atoms with Crippen molar-refractivity contribution in [3.63, 3.8) is 0 Å². The molecule has 1 fully saturated rings. The van der Waals surface area contributed by atoms with Crippen molar-refractivity contribution in [2.45, 2.75) is 6.42 Å². The van der Waals surface area contributed by atoms with Crippen molar-refractivity contribution >= 4 is 17.5 Å². The molecular formula is C22H24N8O. The number of para-hydroxylation sites is 2. The number of hydrogen-bond acceptors (Lipinski definition) is 7. The normalized spacial score (nSPS) is 14.2. The monoisotopic (exact) mass is 416 g/mol. The summed E-state index contributed by atoms with van der Waals surface area (Å²) in [6.07, 6.45) is 0.302. The fourth-order valence-corrected chi connectivity index (χ4v) is 3.67. The first-order chi connectivity index (χ1) is 15.3. The van der Waals surface area contributed by atoms with Crippen molar-refractivity contribution in [1.82, 2.24) is 25.1 Å². The Kier molecular flexibility index (Phi) is 6.50. The van der Waals surface area contributed by atoms with E-state index in [1.165, 1.54) is 0 Å². The minimum atomic E-state index is 0.00372. The highest BCUT2D eigenvalue weighted by molar-refractivity contribution is 5.94.